The van der Waals surface area contributed by atoms with Gasteiger partial charge >= 0.3 is 0 Å². The van der Waals surface area contributed by atoms with Gasteiger partial charge in [-0.1, -0.05) is 78.0 Å². The summed E-state index contributed by atoms with van der Waals surface area (Å²) in [7, 11) is 0. The van der Waals surface area contributed by atoms with Crippen LogP contribution in [0.3, 0.4) is 0 Å². The number of amides is 2. The second-order valence-corrected chi connectivity index (χ2v) is 9.68. The third-order valence-corrected chi connectivity index (χ3v) is 7.28. The van der Waals surface area contributed by atoms with Crippen LogP contribution in [-0.2, 0) is 29.1 Å². The first-order valence-corrected chi connectivity index (χ1v) is 12.3. The molecule has 172 valence electrons. The minimum absolute atomic E-state index is 0.139. The molecule has 0 unspecified atom stereocenters. The van der Waals surface area contributed by atoms with Crippen molar-refractivity contribution < 1.29 is 9.59 Å². The van der Waals surface area contributed by atoms with Crippen molar-refractivity contribution in [2.24, 2.45) is 5.73 Å². The maximum atomic E-state index is 13.3. The van der Waals surface area contributed by atoms with Crippen LogP contribution in [0.4, 0.5) is 0 Å². The van der Waals surface area contributed by atoms with Crippen LogP contribution in [0.1, 0.15) is 16.7 Å². The van der Waals surface area contributed by atoms with E-state index in [2.05, 4.69) is 16.7 Å². The zero-order valence-electron chi connectivity index (χ0n) is 18.4. The van der Waals surface area contributed by atoms with Crippen LogP contribution in [0.5, 0.6) is 0 Å². The Morgan fingerprint density at radius 3 is 2.53 bits per heavy atom. The van der Waals surface area contributed by atoms with Crippen molar-refractivity contribution in [2.45, 2.75) is 30.7 Å². The number of thioether (sulfide) groups is 1. The maximum Gasteiger partial charge on any atom is 0.240 e. The van der Waals surface area contributed by atoms with Gasteiger partial charge in [0.25, 0.3) is 0 Å². The quantitative estimate of drug-likeness (QED) is 0.409. The molecule has 1 atom stereocenters. The number of carbonyl (C=O) groups excluding carboxylic acids is 2. The normalized spacial score (nSPS) is 15.3. The van der Waals surface area contributed by atoms with E-state index in [9.17, 15) is 9.59 Å². The molecule has 4 aromatic rings. The molecule has 6 nitrogen and oxygen atoms in total. The number of hydrogen-bond donors (Lipinski definition) is 1. The van der Waals surface area contributed by atoms with Gasteiger partial charge in [0, 0.05) is 18.0 Å². The summed E-state index contributed by atoms with van der Waals surface area (Å²) in [4.78, 5) is 31.8. The molecule has 1 aliphatic rings. The first-order chi connectivity index (χ1) is 16.5. The van der Waals surface area contributed by atoms with E-state index in [-0.39, 0.29) is 11.7 Å². The van der Waals surface area contributed by atoms with Crippen LogP contribution in [0.2, 0.25) is 5.02 Å². The Kier molecular flexibility index (Phi) is 6.30. The molecule has 0 radical (unpaired) electrons. The summed E-state index contributed by atoms with van der Waals surface area (Å²) in [5.41, 5.74) is 10.6. The highest BCUT2D eigenvalue weighted by Crippen LogP contribution is 2.29. The molecular formula is C26H23ClN4O2S. The number of aromatic nitrogens is 2. The summed E-state index contributed by atoms with van der Waals surface area (Å²) in [5, 5.41) is 1.34. The van der Waals surface area contributed by atoms with Crippen LogP contribution in [0, 0.1) is 0 Å². The van der Waals surface area contributed by atoms with Gasteiger partial charge in [0.05, 0.1) is 23.3 Å². The van der Waals surface area contributed by atoms with Crippen molar-refractivity contribution in [2.75, 3.05) is 5.75 Å². The van der Waals surface area contributed by atoms with Crippen molar-refractivity contribution in [1.29, 1.82) is 0 Å². The van der Waals surface area contributed by atoms with Crippen molar-refractivity contribution in [1.82, 2.24) is 14.5 Å². The van der Waals surface area contributed by atoms with E-state index in [4.69, 9.17) is 22.3 Å². The van der Waals surface area contributed by atoms with Crippen LogP contribution in [-0.4, -0.2) is 38.1 Å². The van der Waals surface area contributed by atoms with Crippen LogP contribution < -0.4 is 5.73 Å². The lowest BCUT2D eigenvalue weighted by molar-refractivity contribution is -0.138. The Labute approximate surface area is 206 Å². The van der Waals surface area contributed by atoms with Gasteiger partial charge in [-0.3, -0.25) is 9.59 Å². The molecule has 8 heteroatoms. The highest BCUT2D eigenvalue weighted by atomic mass is 35.5. The molecule has 2 heterocycles. The number of carbonyl (C=O) groups is 2. The number of primary amides is 1. The molecule has 0 aliphatic carbocycles. The lowest BCUT2D eigenvalue weighted by Crippen LogP contribution is -2.51. The predicted molar refractivity (Wildman–Crippen MR) is 135 cm³/mol. The zero-order chi connectivity index (χ0) is 23.7. The molecule has 0 saturated heterocycles. The number of fused-ring (bicyclic) bond motifs is 2. The monoisotopic (exact) mass is 490 g/mol. The van der Waals surface area contributed by atoms with Crippen LogP contribution >= 0.6 is 23.4 Å². The van der Waals surface area contributed by atoms with Crippen LogP contribution in [0.15, 0.2) is 78.0 Å². The van der Waals surface area contributed by atoms with Gasteiger partial charge in [-0.05, 0) is 34.9 Å². The molecule has 34 heavy (non-hydrogen) atoms. The van der Waals surface area contributed by atoms with Crippen molar-refractivity contribution in [3.8, 4) is 0 Å². The van der Waals surface area contributed by atoms with Crippen molar-refractivity contribution >= 4 is 46.2 Å². The molecule has 0 fully saturated rings. The smallest absolute Gasteiger partial charge is 0.240 e. The second-order valence-electron chi connectivity index (χ2n) is 8.30. The van der Waals surface area contributed by atoms with E-state index in [1.165, 1.54) is 11.8 Å². The van der Waals surface area contributed by atoms with Gasteiger partial charge in [-0.25, -0.2) is 4.98 Å². The Bertz CT molecular complexity index is 1370. The summed E-state index contributed by atoms with van der Waals surface area (Å²) < 4.78 is 2.09. The molecule has 0 bridgehead atoms. The second kappa shape index (κ2) is 9.52. The average molecular weight is 491 g/mol. The Morgan fingerprint density at radius 2 is 1.76 bits per heavy atom. The summed E-state index contributed by atoms with van der Waals surface area (Å²) in [6, 6.07) is 22.9. The van der Waals surface area contributed by atoms with Gasteiger partial charge in [0.15, 0.2) is 5.16 Å². The number of nitrogens with zero attached hydrogens (tertiary/aromatic N) is 3. The van der Waals surface area contributed by atoms with E-state index in [1.54, 1.807) is 4.90 Å². The average Bonchev–Trinajstić information content (AvgIpc) is 3.18. The zero-order valence-corrected chi connectivity index (χ0v) is 19.9. The first kappa shape index (κ1) is 22.5. The summed E-state index contributed by atoms with van der Waals surface area (Å²) in [6.45, 7) is 0.996. The van der Waals surface area contributed by atoms with E-state index in [0.717, 1.165) is 32.9 Å². The summed E-state index contributed by atoms with van der Waals surface area (Å²) >= 11 is 7.56. The van der Waals surface area contributed by atoms with Gasteiger partial charge in [-0.2, -0.15) is 0 Å². The topological polar surface area (TPSA) is 81.2 Å². The van der Waals surface area contributed by atoms with E-state index < -0.39 is 11.9 Å². The number of benzene rings is 3. The largest absolute Gasteiger partial charge is 0.368 e. The Balaban J connectivity index is 1.40. The van der Waals surface area contributed by atoms with E-state index >= 15 is 0 Å². The number of nitrogens with two attached hydrogens (primary N) is 1. The number of hydrogen-bond acceptors (Lipinski definition) is 4. The van der Waals surface area contributed by atoms with Gasteiger partial charge in [-0.15, -0.1) is 0 Å². The van der Waals surface area contributed by atoms with E-state index in [1.807, 2.05) is 60.7 Å². The molecular weight excluding hydrogens is 468 g/mol. The lowest BCUT2D eigenvalue weighted by atomic mass is 9.93. The molecule has 5 rings (SSSR count). The lowest BCUT2D eigenvalue weighted by Gasteiger charge is -2.35. The maximum absolute atomic E-state index is 13.3. The number of rotatable bonds is 6. The van der Waals surface area contributed by atoms with Crippen molar-refractivity contribution in [3.05, 3.63) is 94.5 Å². The van der Waals surface area contributed by atoms with Crippen LogP contribution in [0.25, 0.3) is 11.0 Å². The van der Waals surface area contributed by atoms with Gasteiger partial charge in [0.2, 0.25) is 11.8 Å². The summed E-state index contributed by atoms with van der Waals surface area (Å²) in [6.07, 6.45) is 0.437. The minimum atomic E-state index is -0.648. The predicted octanol–water partition coefficient (Wildman–Crippen LogP) is 4.27. The fourth-order valence-corrected chi connectivity index (χ4v) is 5.42. The Morgan fingerprint density at radius 1 is 1.03 bits per heavy atom. The third kappa shape index (κ3) is 4.54. The molecule has 1 aliphatic heterocycles. The number of imidazole rings is 1. The molecule has 2 N–H and O–H groups in total. The standard InChI is InChI=1S/C26H23ClN4O2S/c27-20-10-11-22-21(13-20)29-26(31(22)14-17-6-2-1-3-7-17)34-16-24(32)30-15-19-9-5-4-8-18(19)12-23(30)25(28)33/h1-11,13,23H,12,14-16H2,(H2,28,33)/t23-/m1/s1. The van der Waals surface area contributed by atoms with Crippen molar-refractivity contribution in [3.63, 3.8) is 0 Å². The minimum Gasteiger partial charge on any atom is -0.368 e. The summed E-state index contributed by atoms with van der Waals surface area (Å²) in [5.74, 6) is -0.476. The Hall–Kier alpha value is -3.29. The highest BCUT2D eigenvalue weighted by molar-refractivity contribution is 7.99. The van der Waals surface area contributed by atoms with Gasteiger partial charge in [0.1, 0.15) is 6.04 Å². The number of halogens is 1. The molecule has 0 saturated carbocycles. The fourth-order valence-electron chi connectivity index (χ4n) is 4.36. The molecule has 2 amide bonds. The van der Waals surface area contributed by atoms with E-state index in [0.29, 0.717) is 24.5 Å². The molecule has 0 spiro atoms. The fraction of sp³-hybridized carbons (Fsp3) is 0.192. The first-order valence-electron chi connectivity index (χ1n) is 11.0. The SMILES string of the molecule is NC(=O)[C@H]1Cc2ccccc2CN1C(=O)CSc1nc2cc(Cl)ccc2n1Cc1ccccc1. The third-order valence-electron chi connectivity index (χ3n) is 6.08. The highest BCUT2D eigenvalue weighted by Gasteiger charge is 2.33. The molecule has 1 aromatic heterocycles. The van der Waals surface area contributed by atoms with Gasteiger partial charge < -0.3 is 15.2 Å². The molecule has 3 aromatic carbocycles.